The molecule has 0 amide bonds. The van der Waals surface area contributed by atoms with Crippen molar-refractivity contribution in [1.82, 2.24) is 5.43 Å². The van der Waals surface area contributed by atoms with Crippen molar-refractivity contribution in [2.75, 3.05) is 0 Å². The van der Waals surface area contributed by atoms with Crippen LogP contribution in [-0.2, 0) is 0 Å². The van der Waals surface area contributed by atoms with Gasteiger partial charge in [0.1, 0.15) is 11.6 Å². The molecule has 0 bridgehead atoms. The van der Waals surface area contributed by atoms with Gasteiger partial charge in [0.05, 0.1) is 6.04 Å². The van der Waals surface area contributed by atoms with Crippen molar-refractivity contribution in [1.29, 1.82) is 0 Å². The van der Waals surface area contributed by atoms with E-state index >= 15 is 0 Å². The molecule has 0 aliphatic rings. The highest BCUT2D eigenvalue weighted by molar-refractivity contribution is 9.10. The first kappa shape index (κ1) is 14.4. The summed E-state index contributed by atoms with van der Waals surface area (Å²) in [6.07, 6.45) is 0. The van der Waals surface area contributed by atoms with Gasteiger partial charge in [-0.3, -0.25) is 5.84 Å². The van der Waals surface area contributed by atoms with Gasteiger partial charge in [-0.2, -0.15) is 0 Å². The Bertz CT molecular complexity index is 587. The third kappa shape index (κ3) is 2.95. The van der Waals surface area contributed by atoms with E-state index in [1.165, 1.54) is 30.3 Å². The second-order valence-corrected chi connectivity index (χ2v) is 5.22. The Kier molecular flexibility index (Phi) is 4.52. The molecule has 1 atom stereocenters. The molecule has 100 valence electrons. The van der Waals surface area contributed by atoms with Crippen LogP contribution >= 0.6 is 27.5 Å². The van der Waals surface area contributed by atoms with Crippen LogP contribution in [0.2, 0.25) is 5.02 Å². The minimum absolute atomic E-state index is 0.115. The van der Waals surface area contributed by atoms with Crippen LogP contribution in [0.5, 0.6) is 0 Å². The lowest BCUT2D eigenvalue weighted by molar-refractivity contribution is 0.531. The Morgan fingerprint density at radius 2 is 1.89 bits per heavy atom. The number of hydrazine groups is 1. The second-order valence-electron chi connectivity index (χ2n) is 3.90. The molecule has 0 fully saturated rings. The molecule has 2 rings (SSSR count). The topological polar surface area (TPSA) is 38.0 Å². The lowest BCUT2D eigenvalue weighted by Crippen LogP contribution is -2.30. The highest BCUT2D eigenvalue weighted by Gasteiger charge is 2.22. The molecule has 0 radical (unpaired) electrons. The number of rotatable bonds is 3. The smallest absolute Gasteiger partial charge is 0.129 e. The molecule has 2 aromatic carbocycles. The fourth-order valence-electron chi connectivity index (χ4n) is 1.85. The van der Waals surface area contributed by atoms with Crippen LogP contribution in [0.15, 0.2) is 40.9 Å². The third-order valence-electron chi connectivity index (χ3n) is 2.72. The number of nitrogens with two attached hydrogens (primary N) is 1. The summed E-state index contributed by atoms with van der Waals surface area (Å²) in [5.74, 6) is 4.39. The van der Waals surface area contributed by atoms with Crippen molar-refractivity contribution in [3.05, 3.63) is 68.7 Å². The normalized spacial score (nSPS) is 12.5. The standard InChI is InChI=1S/C13H10BrClF2N2/c14-7-4-5-10(16)8(6-7)13(19-18)12-9(15)2-1-3-11(12)17/h1-6,13,19H,18H2. The average Bonchev–Trinajstić information content (AvgIpc) is 2.37. The number of hydrogen-bond acceptors (Lipinski definition) is 2. The highest BCUT2D eigenvalue weighted by atomic mass is 79.9. The summed E-state index contributed by atoms with van der Waals surface area (Å²) in [6, 6.07) is 7.75. The quantitative estimate of drug-likeness (QED) is 0.652. The Morgan fingerprint density at radius 1 is 1.16 bits per heavy atom. The molecule has 0 heterocycles. The Balaban J connectivity index is 2.59. The van der Waals surface area contributed by atoms with E-state index < -0.39 is 17.7 Å². The molecule has 0 saturated carbocycles. The molecule has 3 N–H and O–H groups in total. The van der Waals surface area contributed by atoms with Crippen LogP contribution in [0.1, 0.15) is 17.2 Å². The number of nitrogens with one attached hydrogen (secondary N) is 1. The van der Waals surface area contributed by atoms with E-state index in [1.807, 2.05) is 0 Å². The maximum Gasteiger partial charge on any atom is 0.129 e. The molecule has 0 aliphatic carbocycles. The van der Waals surface area contributed by atoms with Crippen molar-refractivity contribution in [2.24, 2.45) is 5.84 Å². The third-order valence-corrected chi connectivity index (χ3v) is 3.55. The predicted molar refractivity (Wildman–Crippen MR) is 74.7 cm³/mol. The maximum absolute atomic E-state index is 13.9. The molecule has 0 aromatic heterocycles. The largest absolute Gasteiger partial charge is 0.271 e. The highest BCUT2D eigenvalue weighted by Crippen LogP contribution is 2.32. The fraction of sp³-hybridized carbons (Fsp3) is 0.0769. The van der Waals surface area contributed by atoms with Gasteiger partial charge in [0.15, 0.2) is 0 Å². The van der Waals surface area contributed by atoms with Crippen LogP contribution in [0, 0.1) is 11.6 Å². The fourth-order valence-corrected chi connectivity index (χ4v) is 2.50. The summed E-state index contributed by atoms with van der Waals surface area (Å²) in [7, 11) is 0. The minimum Gasteiger partial charge on any atom is -0.271 e. The van der Waals surface area contributed by atoms with Crippen LogP contribution in [0.3, 0.4) is 0 Å². The molecule has 2 nitrogen and oxygen atoms in total. The van der Waals surface area contributed by atoms with Gasteiger partial charge >= 0.3 is 0 Å². The van der Waals surface area contributed by atoms with Crippen LogP contribution < -0.4 is 11.3 Å². The molecular weight excluding hydrogens is 338 g/mol. The lowest BCUT2D eigenvalue weighted by Gasteiger charge is -2.19. The first-order valence-electron chi connectivity index (χ1n) is 5.39. The SMILES string of the molecule is NNC(c1cc(Br)ccc1F)c1c(F)cccc1Cl. The van der Waals surface area contributed by atoms with Gasteiger partial charge in [-0.15, -0.1) is 0 Å². The van der Waals surface area contributed by atoms with Crippen LogP contribution in [0.25, 0.3) is 0 Å². The van der Waals surface area contributed by atoms with Crippen molar-refractivity contribution in [2.45, 2.75) is 6.04 Å². The van der Waals surface area contributed by atoms with E-state index in [4.69, 9.17) is 17.4 Å². The van der Waals surface area contributed by atoms with Crippen molar-refractivity contribution in [3.8, 4) is 0 Å². The van der Waals surface area contributed by atoms with Crippen LogP contribution in [-0.4, -0.2) is 0 Å². The summed E-state index contributed by atoms with van der Waals surface area (Å²) in [6.45, 7) is 0. The predicted octanol–water partition coefficient (Wildman–Crippen LogP) is 3.93. The molecule has 0 saturated heterocycles. The van der Waals surface area contributed by atoms with E-state index in [1.54, 1.807) is 6.07 Å². The van der Waals surface area contributed by atoms with Gasteiger partial charge in [-0.1, -0.05) is 33.6 Å². The molecule has 6 heteroatoms. The molecule has 19 heavy (non-hydrogen) atoms. The van der Waals surface area contributed by atoms with Gasteiger partial charge in [0.25, 0.3) is 0 Å². The Hall–Kier alpha value is -1.01. The average molecular weight is 348 g/mol. The van der Waals surface area contributed by atoms with Crippen molar-refractivity contribution in [3.63, 3.8) is 0 Å². The molecule has 1 unspecified atom stereocenters. The summed E-state index contributed by atoms with van der Waals surface area (Å²) < 4.78 is 28.4. The van der Waals surface area contributed by atoms with Crippen molar-refractivity contribution < 1.29 is 8.78 Å². The van der Waals surface area contributed by atoms with Gasteiger partial charge in [0.2, 0.25) is 0 Å². The van der Waals surface area contributed by atoms with E-state index in [-0.39, 0.29) is 16.1 Å². The Morgan fingerprint density at radius 3 is 2.53 bits per heavy atom. The number of hydrogen-bond donors (Lipinski definition) is 2. The lowest BCUT2D eigenvalue weighted by atomic mass is 9.98. The zero-order chi connectivity index (χ0) is 14.0. The molecule has 0 aliphatic heterocycles. The number of benzene rings is 2. The maximum atomic E-state index is 13.9. The monoisotopic (exact) mass is 346 g/mol. The number of halogens is 4. The first-order chi connectivity index (χ1) is 9.04. The van der Waals surface area contributed by atoms with E-state index in [0.29, 0.717) is 4.47 Å². The molecule has 0 spiro atoms. The second kappa shape index (κ2) is 5.96. The van der Waals surface area contributed by atoms with Crippen LogP contribution in [0.4, 0.5) is 8.78 Å². The van der Waals surface area contributed by atoms with Gasteiger partial charge in [-0.05, 0) is 30.3 Å². The summed E-state index contributed by atoms with van der Waals surface area (Å²) >= 11 is 9.22. The van der Waals surface area contributed by atoms with Gasteiger partial charge < -0.3 is 0 Å². The Labute approximate surface area is 122 Å². The zero-order valence-electron chi connectivity index (χ0n) is 9.63. The first-order valence-corrected chi connectivity index (χ1v) is 6.56. The molecular formula is C13H10BrClF2N2. The van der Waals surface area contributed by atoms with E-state index in [2.05, 4.69) is 21.4 Å². The van der Waals surface area contributed by atoms with Gasteiger partial charge in [-0.25, -0.2) is 14.2 Å². The van der Waals surface area contributed by atoms with E-state index in [0.717, 1.165) is 0 Å². The molecule has 2 aromatic rings. The summed E-state index contributed by atoms with van der Waals surface area (Å²) in [5, 5.41) is 0.183. The summed E-state index contributed by atoms with van der Waals surface area (Å²) in [5.41, 5.74) is 2.73. The van der Waals surface area contributed by atoms with Gasteiger partial charge in [0, 0.05) is 20.6 Å². The summed E-state index contributed by atoms with van der Waals surface area (Å²) in [4.78, 5) is 0. The van der Waals surface area contributed by atoms with E-state index in [9.17, 15) is 8.78 Å². The minimum atomic E-state index is -0.869. The zero-order valence-corrected chi connectivity index (χ0v) is 12.0. The van der Waals surface area contributed by atoms with Crippen molar-refractivity contribution >= 4 is 27.5 Å².